The van der Waals surface area contributed by atoms with Crippen LogP contribution >= 0.6 is 0 Å². The monoisotopic (exact) mass is 300 g/mol. The van der Waals surface area contributed by atoms with Gasteiger partial charge in [-0.2, -0.15) is 4.98 Å². The zero-order valence-corrected chi connectivity index (χ0v) is 13.6. The molecule has 0 unspecified atom stereocenters. The fourth-order valence-electron chi connectivity index (χ4n) is 2.72. The van der Waals surface area contributed by atoms with Crippen molar-refractivity contribution in [3.8, 4) is 11.4 Å². The molecule has 0 spiro atoms. The number of rotatable bonds is 4. The predicted molar refractivity (Wildman–Crippen MR) is 87.9 cm³/mol. The Morgan fingerprint density at radius 2 is 1.77 bits per heavy atom. The zero-order chi connectivity index (χ0) is 15.5. The molecule has 5 nitrogen and oxygen atoms in total. The van der Waals surface area contributed by atoms with Crippen molar-refractivity contribution in [2.45, 2.75) is 32.2 Å². The first-order valence-electron chi connectivity index (χ1n) is 8.00. The fraction of sp³-hybridized carbons (Fsp3) is 0.529. The number of hydrogen-bond donors (Lipinski definition) is 0. The normalized spacial score (nSPS) is 17.0. The van der Waals surface area contributed by atoms with Gasteiger partial charge in [0.2, 0.25) is 11.7 Å². The van der Waals surface area contributed by atoms with Crippen LogP contribution in [0.4, 0.5) is 5.69 Å². The van der Waals surface area contributed by atoms with Crippen LogP contribution in [0.5, 0.6) is 0 Å². The van der Waals surface area contributed by atoms with E-state index in [1.807, 2.05) is 14.1 Å². The average Bonchev–Trinajstić information content (AvgIpc) is 3.05. The molecular formula is C17H24N4O. The van der Waals surface area contributed by atoms with E-state index in [1.54, 1.807) is 0 Å². The van der Waals surface area contributed by atoms with Crippen LogP contribution in [0.15, 0.2) is 28.8 Å². The molecule has 2 aromatic rings. The minimum atomic E-state index is 0.119. The first kappa shape index (κ1) is 15.0. The van der Waals surface area contributed by atoms with E-state index in [2.05, 4.69) is 51.1 Å². The number of aromatic nitrogens is 2. The molecule has 0 amide bonds. The molecule has 2 heterocycles. The summed E-state index contributed by atoms with van der Waals surface area (Å²) >= 11 is 0. The number of anilines is 1. The van der Waals surface area contributed by atoms with E-state index >= 15 is 0 Å². The number of piperidine rings is 1. The highest BCUT2D eigenvalue weighted by atomic mass is 16.5. The molecule has 1 aromatic heterocycles. The summed E-state index contributed by atoms with van der Waals surface area (Å²) in [5, 5.41) is 4.11. The molecule has 0 bridgehead atoms. The van der Waals surface area contributed by atoms with E-state index in [1.165, 1.54) is 24.9 Å². The molecule has 1 fully saturated rings. The van der Waals surface area contributed by atoms with Crippen molar-refractivity contribution < 1.29 is 4.52 Å². The first-order valence-corrected chi connectivity index (χ1v) is 8.00. The van der Waals surface area contributed by atoms with Crippen molar-refractivity contribution in [2.24, 2.45) is 0 Å². The number of hydrogen-bond acceptors (Lipinski definition) is 5. The van der Waals surface area contributed by atoms with Gasteiger partial charge in [0.15, 0.2) is 0 Å². The smallest absolute Gasteiger partial charge is 0.244 e. The molecular weight excluding hydrogens is 276 g/mol. The van der Waals surface area contributed by atoms with E-state index < -0.39 is 0 Å². The lowest BCUT2D eigenvalue weighted by molar-refractivity contribution is 0.245. The van der Waals surface area contributed by atoms with Gasteiger partial charge in [0.25, 0.3) is 0 Å². The Balaban J connectivity index is 1.75. The van der Waals surface area contributed by atoms with Crippen molar-refractivity contribution in [3.05, 3.63) is 30.2 Å². The second-order valence-electron chi connectivity index (χ2n) is 6.19. The van der Waals surface area contributed by atoms with Gasteiger partial charge in [0.1, 0.15) is 0 Å². The van der Waals surface area contributed by atoms with Gasteiger partial charge in [-0.1, -0.05) is 5.16 Å². The maximum Gasteiger partial charge on any atom is 0.244 e. The summed E-state index contributed by atoms with van der Waals surface area (Å²) in [5.41, 5.74) is 2.29. The van der Waals surface area contributed by atoms with Crippen molar-refractivity contribution in [2.75, 3.05) is 32.1 Å². The van der Waals surface area contributed by atoms with Crippen LogP contribution in [0, 0.1) is 0 Å². The quantitative estimate of drug-likeness (QED) is 0.866. The van der Waals surface area contributed by atoms with E-state index in [9.17, 15) is 0 Å². The Hall–Kier alpha value is -1.88. The minimum absolute atomic E-state index is 0.119. The lowest BCUT2D eigenvalue weighted by Crippen LogP contribution is -2.29. The van der Waals surface area contributed by atoms with Crippen LogP contribution in [0.2, 0.25) is 0 Å². The summed E-state index contributed by atoms with van der Waals surface area (Å²) in [6.45, 7) is 4.37. The van der Waals surface area contributed by atoms with Gasteiger partial charge in [-0.15, -0.1) is 0 Å². The molecule has 1 atom stereocenters. The third-order valence-electron chi connectivity index (χ3n) is 4.42. The van der Waals surface area contributed by atoms with Crippen LogP contribution in [-0.2, 0) is 0 Å². The van der Waals surface area contributed by atoms with Gasteiger partial charge in [0.05, 0.1) is 6.04 Å². The standard InChI is InChI=1S/C17H24N4O/c1-13(20(2)3)17-18-16(19-22-17)14-7-9-15(10-8-14)21-11-5-4-6-12-21/h7-10,13H,4-6,11-12H2,1-3H3/t13-/m0/s1. The van der Waals surface area contributed by atoms with Crippen LogP contribution < -0.4 is 4.90 Å². The van der Waals surface area contributed by atoms with E-state index in [4.69, 9.17) is 4.52 Å². The molecule has 0 aliphatic carbocycles. The van der Waals surface area contributed by atoms with Gasteiger partial charge in [-0.3, -0.25) is 4.90 Å². The summed E-state index contributed by atoms with van der Waals surface area (Å²) in [6, 6.07) is 8.60. The summed E-state index contributed by atoms with van der Waals surface area (Å²) < 4.78 is 5.38. The van der Waals surface area contributed by atoms with Crippen LogP contribution in [0.3, 0.4) is 0 Å². The van der Waals surface area contributed by atoms with E-state index in [0.29, 0.717) is 11.7 Å². The summed E-state index contributed by atoms with van der Waals surface area (Å²) in [5.74, 6) is 1.31. The Morgan fingerprint density at radius 3 is 2.41 bits per heavy atom. The highest BCUT2D eigenvalue weighted by Crippen LogP contribution is 2.25. The van der Waals surface area contributed by atoms with Crippen molar-refractivity contribution in [3.63, 3.8) is 0 Å². The highest BCUT2D eigenvalue weighted by molar-refractivity contribution is 5.60. The summed E-state index contributed by atoms with van der Waals surface area (Å²) in [4.78, 5) is 9.01. The minimum Gasteiger partial charge on any atom is -0.372 e. The molecule has 3 rings (SSSR count). The van der Waals surface area contributed by atoms with Crippen molar-refractivity contribution >= 4 is 5.69 Å². The maximum atomic E-state index is 5.38. The Kier molecular flexibility index (Phi) is 4.43. The molecule has 1 aliphatic heterocycles. The van der Waals surface area contributed by atoms with Crippen LogP contribution in [-0.4, -0.2) is 42.2 Å². The van der Waals surface area contributed by atoms with Crippen molar-refractivity contribution in [1.82, 2.24) is 15.0 Å². The van der Waals surface area contributed by atoms with Gasteiger partial charge in [-0.25, -0.2) is 0 Å². The molecule has 5 heteroatoms. The molecule has 1 aliphatic rings. The topological polar surface area (TPSA) is 45.4 Å². The molecule has 1 aromatic carbocycles. The van der Waals surface area contributed by atoms with Gasteiger partial charge < -0.3 is 9.42 Å². The van der Waals surface area contributed by atoms with Gasteiger partial charge in [-0.05, 0) is 64.5 Å². The molecule has 22 heavy (non-hydrogen) atoms. The maximum absolute atomic E-state index is 5.38. The molecule has 0 radical (unpaired) electrons. The highest BCUT2D eigenvalue weighted by Gasteiger charge is 2.17. The van der Waals surface area contributed by atoms with E-state index in [-0.39, 0.29) is 6.04 Å². The molecule has 118 valence electrons. The SMILES string of the molecule is C[C@@H](c1nc(-c2ccc(N3CCCCC3)cc2)no1)N(C)C. The summed E-state index contributed by atoms with van der Waals surface area (Å²) in [7, 11) is 4.00. The van der Waals surface area contributed by atoms with Crippen molar-refractivity contribution in [1.29, 1.82) is 0 Å². The van der Waals surface area contributed by atoms with Crippen LogP contribution in [0.1, 0.15) is 38.1 Å². The Bertz CT molecular complexity index is 599. The average molecular weight is 300 g/mol. The fourth-order valence-corrected chi connectivity index (χ4v) is 2.72. The Morgan fingerprint density at radius 1 is 1.09 bits per heavy atom. The lowest BCUT2D eigenvalue weighted by Gasteiger charge is -2.28. The lowest BCUT2D eigenvalue weighted by atomic mass is 10.1. The van der Waals surface area contributed by atoms with E-state index in [0.717, 1.165) is 18.7 Å². The molecule has 1 saturated heterocycles. The van der Waals surface area contributed by atoms with Gasteiger partial charge in [0, 0.05) is 24.3 Å². The second kappa shape index (κ2) is 6.48. The predicted octanol–water partition coefficient (Wildman–Crippen LogP) is 3.35. The molecule has 0 N–H and O–H groups in total. The third kappa shape index (κ3) is 3.14. The largest absolute Gasteiger partial charge is 0.372 e. The second-order valence-corrected chi connectivity index (χ2v) is 6.19. The first-order chi connectivity index (χ1) is 10.6. The van der Waals surface area contributed by atoms with Crippen LogP contribution in [0.25, 0.3) is 11.4 Å². The Labute approximate surface area is 131 Å². The van der Waals surface area contributed by atoms with Gasteiger partial charge >= 0.3 is 0 Å². The number of nitrogens with zero attached hydrogens (tertiary/aromatic N) is 4. The zero-order valence-electron chi connectivity index (χ0n) is 13.6. The third-order valence-corrected chi connectivity index (χ3v) is 4.42. The number of benzene rings is 1. The molecule has 0 saturated carbocycles. The summed E-state index contributed by atoms with van der Waals surface area (Å²) in [6.07, 6.45) is 3.93.